The summed E-state index contributed by atoms with van der Waals surface area (Å²) in [6, 6.07) is -0.433. The number of piperazine rings is 1. The van der Waals surface area contributed by atoms with Crippen LogP contribution in [0.1, 0.15) is 68.6 Å². The minimum Gasteiger partial charge on any atom is -0.477 e. The first-order chi connectivity index (χ1) is 16.5. The van der Waals surface area contributed by atoms with E-state index in [2.05, 4.69) is 31.7 Å². The van der Waals surface area contributed by atoms with Gasteiger partial charge < -0.3 is 25.2 Å². The molecule has 0 saturated carbocycles. The Morgan fingerprint density at radius 2 is 1.68 bits per heavy atom. The second kappa shape index (κ2) is 16.6. The predicted octanol–water partition coefficient (Wildman–Crippen LogP) is 3.09. The van der Waals surface area contributed by atoms with Gasteiger partial charge in [0.1, 0.15) is 5.00 Å². The summed E-state index contributed by atoms with van der Waals surface area (Å²) in [5.74, 6) is -1.09. The molecule has 1 aliphatic rings. The largest absolute Gasteiger partial charge is 0.477 e. The van der Waals surface area contributed by atoms with Gasteiger partial charge in [0.25, 0.3) is 0 Å². The van der Waals surface area contributed by atoms with Gasteiger partial charge in [0.05, 0.1) is 13.2 Å². The van der Waals surface area contributed by atoms with E-state index in [4.69, 9.17) is 9.84 Å². The zero-order chi connectivity index (χ0) is 24.6. The maximum absolute atomic E-state index is 12.2. The molecule has 0 radical (unpaired) electrons. The Bertz CT molecular complexity index is 725. The maximum Gasteiger partial charge on any atom is 0.344 e. The van der Waals surface area contributed by atoms with Crippen LogP contribution in [0, 0.1) is 0 Å². The van der Waals surface area contributed by atoms with Gasteiger partial charge in [-0.15, -0.1) is 0 Å². The van der Waals surface area contributed by atoms with Crippen LogP contribution in [0.3, 0.4) is 0 Å². The second-order valence-electron chi connectivity index (χ2n) is 8.61. The van der Waals surface area contributed by atoms with E-state index in [1.807, 2.05) is 0 Å². The molecule has 1 aromatic rings. The summed E-state index contributed by atoms with van der Waals surface area (Å²) >= 11 is 0.920. The maximum atomic E-state index is 12.2. The number of carboxylic acid groups (broad SMARTS) is 1. The molecular weight excluding hydrogens is 458 g/mol. The highest BCUT2D eigenvalue weighted by Crippen LogP contribution is 2.30. The molecule has 0 unspecified atom stereocenters. The number of β-amino-alcohol motifs (C(OH)–C–C–N with tert-alkyl or cyclic N) is 1. The van der Waals surface area contributed by atoms with Crippen molar-refractivity contribution in [2.24, 2.45) is 0 Å². The number of carboxylic acids is 1. The number of amides is 2. The van der Waals surface area contributed by atoms with Crippen molar-refractivity contribution in [1.82, 2.24) is 19.5 Å². The van der Waals surface area contributed by atoms with Crippen molar-refractivity contribution in [2.45, 2.75) is 58.3 Å². The third kappa shape index (κ3) is 10.5. The Kier molecular flexibility index (Phi) is 13.8. The van der Waals surface area contributed by atoms with Gasteiger partial charge in [-0.3, -0.25) is 10.2 Å². The number of aromatic nitrogens is 1. The van der Waals surface area contributed by atoms with E-state index in [1.165, 1.54) is 6.42 Å². The zero-order valence-corrected chi connectivity index (χ0v) is 21.2. The highest BCUT2D eigenvalue weighted by molar-refractivity contribution is 7.11. The number of ether oxygens (including phenoxy) is 1. The number of carbonyl (C=O) groups is 2. The van der Waals surface area contributed by atoms with Crippen molar-refractivity contribution < 1.29 is 24.5 Å². The van der Waals surface area contributed by atoms with Crippen LogP contribution in [0.25, 0.3) is 0 Å². The first kappa shape index (κ1) is 28.3. The monoisotopic (exact) mass is 499 g/mol. The van der Waals surface area contributed by atoms with E-state index in [0.717, 1.165) is 95.7 Å². The Balaban J connectivity index is 1.61. The molecule has 1 saturated heterocycles. The van der Waals surface area contributed by atoms with E-state index < -0.39 is 12.0 Å². The average Bonchev–Trinajstić information content (AvgIpc) is 3.22. The van der Waals surface area contributed by atoms with Crippen molar-refractivity contribution in [3.63, 3.8) is 0 Å². The normalized spacial score (nSPS) is 14.8. The van der Waals surface area contributed by atoms with Crippen LogP contribution in [0.2, 0.25) is 0 Å². The first-order valence-corrected chi connectivity index (χ1v) is 13.3. The molecule has 0 spiro atoms. The molecule has 0 aromatic carbocycles. The molecule has 34 heavy (non-hydrogen) atoms. The average molecular weight is 500 g/mol. The molecule has 0 bridgehead atoms. The number of aromatic carboxylic acids is 1. The number of hydrogen-bond acceptors (Lipinski definition) is 8. The molecule has 1 fully saturated rings. The minimum atomic E-state index is -1.16. The zero-order valence-electron chi connectivity index (χ0n) is 20.4. The number of urea groups is 1. The van der Waals surface area contributed by atoms with Gasteiger partial charge in [0, 0.05) is 39.3 Å². The lowest BCUT2D eigenvalue weighted by molar-refractivity contribution is 0.0693. The third-order valence-corrected chi connectivity index (χ3v) is 6.65. The number of aliphatic hydroxyl groups is 1. The molecule has 11 heteroatoms. The van der Waals surface area contributed by atoms with E-state index in [0.29, 0.717) is 13.2 Å². The fraction of sp³-hybridized carbons (Fsp3) is 0.783. The lowest BCUT2D eigenvalue weighted by atomic mass is 10.2. The first-order valence-electron chi connectivity index (χ1n) is 12.5. The summed E-state index contributed by atoms with van der Waals surface area (Å²) in [4.78, 5) is 28.6. The number of nitrogens with one attached hydrogen (secondary N) is 2. The molecule has 2 rings (SSSR count). The fourth-order valence-corrected chi connectivity index (χ4v) is 4.61. The standard InChI is InChI=1S/C23H41N5O5S/c1-2-3-4-5-9-18-33-20-19(22(30)31)21(34-26-20)25-23(32)24-10-7-6-8-11-27-12-14-28(15-13-27)16-17-29/h29H,2-18H2,1H3,(H,30,31)(H2,24,25,32). The number of rotatable bonds is 17. The molecule has 2 amide bonds. The smallest absolute Gasteiger partial charge is 0.344 e. The van der Waals surface area contributed by atoms with Gasteiger partial charge in [-0.25, -0.2) is 9.59 Å². The SMILES string of the molecule is CCCCCCCOc1nsc(NC(=O)NCCCCCN2CCN(CCO)CC2)c1C(=O)O. The van der Waals surface area contributed by atoms with Crippen LogP contribution in [0.4, 0.5) is 9.80 Å². The molecule has 4 N–H and O–H groups in total. The molecule has 2 heterocycles. The van der Waals surface area contributed by atoms with E-state index >= 15 is 0 Å². The lowest BCUT2D eigenvalue weighted by Gasteiger charge is -2.34. The van der Waals surface area contributed by atoms with E-state index in [1.54, 1.807) is 0 Å². The Labute approximate surface area is 206 Å². The lowest BCUT2D eigenvalue weighted by Crippen LogP contribution is -2.47. The van der Waals surface area contributed by atoms with Crippen molar-refractivity contribution in [1.29, 1.82) is 0 Å². The van der Waals surface area contributed by atoms with Gasteiger partial charge in [-0.05, 0) is 37.3 Å². The quantitative estimate of drug-likeness (QED) is 0.241. The van der Waals surface area contributed by atoms with Gasteiger partial charge in [0.2, 0.25) is 5.88 Å². The summed E-state index contributed by atoms with van der Waals surface area (Å²) < 4.78 is 9.64. The summed E-state index contributed by atoms with van der Waals surface area (Å²) in [6.07, 6.45) is 8.31. The molecule has 1 aliphatic heterocycles. The Morgan fingerprint density at radius 3 is 2.35 bits per heavy atom. The Hall–Kier alpha value is -1.95. The summed E-state index contributed by atoms with van der Waals surface area (Å²) in [5.41, 5.74) is -0.0900. The minimum absolute atomic E-state index is 0.0699. The van der Waals surface area contributed by atoms with Crippen LogP contribution in [0.5, 0.6) is 5.88 Å². The number of hydrogen-bond donors (Lipinski definition) is 4. The molecule has 194 valence electrons. The Morgan fingerprint density at radius 1 is 1.00 bits per heavy atom. The van der Waals surface area contributed by atoms with Crippen LogP contribution < -0.4 is 15.4 Å². The van der Waals surface area contributed by atoms with Crippen LogP contribution in [0.15, 0.2) is 0 Å². The van der Waals surface area contributed by atoms with Crippen molar-refractivity contribution in [3.05, 3.63) is 5.56 Å². The fourth-order valence-electron chi connectivity index (χ4n) is 3.89. The topological polar surface area (TPSA) is 127 Å². The number of anilines is 1. The highest BCUT2D eigenvalue weighted by atomic mass is 32.1. The highest BCUT2D eigenvalue weighted by Gasteiger charge is 2.23. The summed E-state index contributed by atoms with van der Waals surface area (Å²) in [6.45, 7) is 9.19. The molecule has 1 aromatic heterocycles. The van der Waals surface area contributed by atoms with E-state index in [-0.39, 0.29) is 23.1 Å². The number of nitrogens with zero attached hydrogens (tertiary/aromatic N) is 3. The van der Waals surface area contributed by atoms with Crippen LogP contribution in [-0.4, -0.2) is 95.4 Å². The molecule has 10 nitrogen and oxygen atoms in total. The number of unbranched alkanes of at least 4 members (excludes halogenated alkanes) is 6. The molecule has 0 aliphatic carbocycles. The van der Waals surface area contributed by atoms with Gasteiger partial charge >= 0.3 is 12.0 Å². The number of aliphatic hydroxyl groups excluding tert-OH is 1. The number of carbonyl (C=O) groups excluding carboxylic acids is 1. The summed E-state index contributed by atoms with van der Waals surface area (Å²) in [5, 5.41) is 24.1. The van der Waals surface area contributed by atoms with Crippen molar-refractivity contribution in [2.75, 3.05) is 64.3 Å². The van der Waals surface area contributed by atoms with Crippen molar-refractivity contribution >= 4 is 28.5 Å². The predicted molar refractivity (Wildman–Crippen MR) is 134 cm³/mol. The second-order valence-corrected chi connectivity index (χ2v) is 9.38. The molecular formula is C23H41N5O5S. The third-order valence-electron chi connectivity index (χ3n) is 5.91. The molecule has 0 atom stereocenters. The van der Waals surface area contributed by atoms with Crippen molar-refractivity contribution in [3.8, 4) is 5.88 Å². The van der Waals surface area contributed by atoms with E-state index in [9.17, 15) is 14.7 Å². The summed E-state index contributed by atoms with van der Waals surface area (Å²) in [7, 11) is 0. The van der Waals surface area contributed by atoms with Crippen LogP contribution >= 0.6 is 11.5 Å². The van der Waals surface area contributed by atoms with Gasteiger partial charge in [-0.1, -0.05) is 39.0 Å². The van der Waals surface area contributed by atoms with Crippen LogP contribution in [-0.2, 0) is 0 Å². The van der Waals surface area contributed by atoms with Gasteiger partial charge in [-0.2, -0.15) is 4.37 Å². The van der Waals surface area contributed by atoms with Gasteiger partial charge in [0.15, 0.2) is 5.56 Å².